The first-order valence-corrected chi connectivity index (χ1v) is 7.28. The number of ether oxygens (including phenoxy) is 1. The Labute approximate surface area is 121 Å². The molecule has 4 nitrogen and oxygen atoms in total. The van der Waals surface area contributed by atoms with Crippen LogP contribution < -0.4 is 10.5 Å². The molecule has 1 aliphatic heterocycles. The Hall–Kier alpha value is -1.55. The van der Waals surface area contributed by atoms with Crippen LogP contribution in [0, 0.1) is 11.3 Å². The van der Waals surface area contributed by atoms with Crippen molar-refractivity contribution in [2.45, 2.75) is 39.3 Å². The van der Waals surface area contributed by atoms with Crippen molar-refractivity contribution in [3.05, 3.63) is 29.3 Å². The zero-order valence-electron chi connectivity index (χ0n) is 12.6. The van der Waals surface area contributed by atoms with E-state index in [-0.39, 0.29) is 5.84 Å². The maximum atomic E-state index is 7.65. The quantitative estimate of drug-likeness (QED) is 0.641. The van der Waals surface area contributed by atoms with Crippen LogP contribution in [-0.2, 0) is 6.54 Å². The van der Waals surface area contributed by atoms with Crippen LogP contribution in [0.4, 0.5) is 0 Å². The summed E-state index contributed by atoms with van der Waals surface area (Å²) in [5.41, 5.74) is 7.52. The standard InChI is InChI=1S/C16H25N3O/c1-11(2)14-5-4-8-19(14)10-12-6-7-15(20-3)13(9-12)16(17)18/h6-7,9,11,14H,4-5,8,10H2,1-3H3,(H3,17,18). The van der Waals surface area contributed by atoms with Crippen molar-refractivity contribution in [2.75, 3.05) is 13.7 Å². The molecule has 1 aromatic carbocycles. The number of nitrogens with zero attached hydrogens (tertiary/aromatic N) is 1. The van der Waals surface area contributed by atoms with E-state index in [1.54, 1.807) is 7.11 Å². The summed E-state index contributed by atoms with van der Waals surface area (Å²) in [6.07, 6.45) is 2.56. The summed E-state index contributed by atoms with van der Waals surface area (Å²) < 4.78 is 5.26. The molecule has 1 fully saturated rings. The number of hydrogen-bond donors (Lipinski definition) is 2. The molecule has 4 heteroatoms. The lowest BCUT2D eigenvalue weighted by Gasteiger charge is -2.27. The van der Waals surface area contributed by atoms with Crippen LogP contribution in [0.25, 0.3) is 0 Å². The van der Waals surface area contributed by atoms with Gasteiger partial charge in [-0.05, 0) is 43.0 Å². The summed E-state index contributed by atoms with van der Waals surface area (Å²) in [6, 6.07) is 6.63. The van der Waals surface area contributed by atoms with E-state index in [0.29, 0.717) is 23.3 Å². The fourth-order valence-corrected chi connectivity index (χ4v) is 3.10. The van der Waals surface area contributed by atoms with Gasteiger partial charge in [0.1, 0.15) is 11.6 Å². The second kappa shape index (κ2) is 6.27. The van der Waals surface area contributed by atoms with E-state index in [0.717, 1.165) is 13.1 Å². The van der Waals surface area contributed by atoms with Gasteiger partial charge in [0.15, 0.2) is 0 Å². The van der Waals surface area contributed by atoms with Crippen molar-refractivity contribution in [3.8, 4) is 5.75 Å². The zero-order chi connectivity index (χ0) is 14.7. The van der Waals surface area contributed by atoms with E-state index >= 15 is 0 Å². The predicted molar refractivity (Wildman–Crippen MR) is 82.3 cm³/mol. The number of likely N-dealkylation sites (tertiary alicyclic amines) is 1. The third-order valence-corrected chi connectivity index (χ3v) is 4.12. The van der Waals surface area contributed by atoms with E-state index in [4.69, 9.17) is 15.9 Å². The molecule has 1 aromatic rings. The summed E-state index contributed by atoms with van der Waals surface area (Å²) in [5.74, 6) is 1.41. The Balaban J connectivity index is 2.17. The number of nitrogens with one attached hydrogen (secondary N) is 1. The molecule has 0 bridgehead atoms. The first-order chi connectivity index (χ1) is 9.52. The average molecular weight is 275 g/mol. The van der Waals surface area contributed by atoms with Gasteiger partial charge < -0.3 is 10.5 Å². The molecule has 0 saturated carbocycles. The van der Waals surface area contributed by atoms with Gasteiger partial charge in [0.25, 0.3) is 0 Å². The average Bonchev–Trinajstić information content (AvgIpc) is 2.87. The highest BCUT2D eigenvalue weighted by molar-refractivity contribution is 5.97. The van der Waals surface area contributed by atoms with Crippen LogP contribution in [0.15, 0.2) is 18.2 Å². The lowest BCUT2D eigenvalue weighted by atomic mass is 10.0. The highest BCUT2D eigenvalue weighted by Crippen LogP contribution is 2.27. The first-order valence-electron chi connectivity index (χ1n) is 7.28. The van der Waals surface area contributed by atoms with E-state index in [1.807, 2.05) is 12.1 Å². The molecule has 20 heavy (non-hydrogen) atoms. The molecule has 110 valence electrons. The maximum Gasteiger partial charge on any atom is 0.129 e. The molecular formula is C16H25N3O. The minimum atomic E-state index is 0.0607. The van der Waals surface area contributed by atoms with Crippen molar-refractivity contribution >= 4 is 5.84 Å². The summed E-state index contributed by atoms with van der Waals surface area (Å²) in [5, 5.41) is 7.65. The number of hydrogen-bond acceptors (Lipinski definition) is 3. The molecule has 0 aliphatic carbocycles. The van der Waals surface area contributed by atoms with Crippen LogP contribution in [0.1, 0.15) is 37.8 Å². The number of benzene rings is 1. The molecule has 1 saturated heterocycles. The largest absolute Gasteiger partial charge is 0.496 e. The number of nitrogens with two attached hydrogens (primary N) is 1. The Morgan fingerprint density at radius 3 is 2.85 bits per heavy atom. The lowest BCUT2D eigenvalue weighted by molar-refractivity contribution is 0.199. The van der Waals surface area contributed by atoms with Crippen molar-refractivity contribution < 1.29 is 4.74 Å². The first kappa shape index (κ1) is 14.9. The molecule has 0 radical (unpaired) electrons. The van der Waals surface area contributed by atoms with Gasteiger partial charge in [0.2, 0.25) is 0 Å². The van der Waals surface area contributed by atoms with Crippen LogP contribution in [0.3, 0.4) is 0 Å². The fourth-order valence-electron chi connectivity index (χ4n) is 3.10. The van der Waals surface area contributed by atoms with Gasteiger partial charge in [-0.25, -0.2) is 0 Å². The normalized spacial score (nSPS) is 19.5. The van der Waals surface area contributed by atoms with Crippen molar-refractivity contribution in [1.82, 2.24) is 4.90 Å². The molecule has 0 aromatic heterocycles. The molecule has 3 N–H and O–H groups in total. The molecule has 0 amide bonds. The molecule has 0 spiro atoms. The second-order valence-corrected chi connectivity index (χ2v) is 5.87. The summed E-state index contributed by atoms with van der Waals surface area (Å²) >= 11 is 0. The minimum Gasteiger partial charge on any atom is -0.496 e. The van der Waals surface area contributed by atoms with Crippen LogP contribution in [-0.4, -0.2) is 30.4 Å². The third-order valence-electron chi connectivity index (χ3n) is 4.12. The molecule has 1 aliphatic rings. The minimum absolute atomic E-state index is 0.0607. The van der Waals surface area contributed by atoms with E-state index in [1.165, 1.54) is 18.4 Å². The zero-order valence-corrected chi connectivity index (χ0v) is 12.6. The smallest absolute Gasteiger partial charge is 0.129 e. The highest BCUT2D eigenvalue weighted by atomic mass is 16.5. The highest BCUT2D eigenvalue weighted by Gasteiger charge is 2.26. The third kappa shape index (κ3) is 3.12. The van der Waals surface area contributed by atoms with E-state index in [2.05, 4.69) is 24.8 Å². The van der Waals surface area contributed by atoms with Crippen molar-refractivity contribution in [1.29, 1.82) is 5.41 Å². The Kier molecular flexibility index (Phi) is 4.65. The number of rotatable bonds is 5. The van der Waals surface area contributed by atoms with Gasteiger partial charge in [0.05, 0.1) is 12.7 Å². The predicted octanol–water partition coefficient (Wildman–Crippen LogP) is 2.60. The Morgan fingerprint density at radius 1 is 1.50 bits per heavy atom. The molecule has 2 rings (SSSR count). The summed E-state index contributed by atoms with van der Waals surface area (Å²) in [4.78, 5) is 2.54. The molecule has 1 unspecified atom stereocenters. The lowest BCUT2D eigenvalue weighted by Crippen LogP contribution is -2.32. The van der Waals surface area contributed by atoms with Gasteiger partial charge in [0, 0.05) is 12.6 Å². The van der Waals surface area contributed by atoms with Gasteiger partial charge in [-0.1, -0.05) is 19.9 Å². The monoisotopic (exact) mass is 275 g/mol. The number of nitrogen functional groups attached to an aromatic ring is 1. The number of methoxy groups -OCH3 is 1. The van der Waals surface area contributed by atoms with Gasteiger partial charge in [-0.2, -0.15) is 0 Å². The maximum absolute atomic E-state index is 7.65. The topological polar surface area (TPSA) is 62.3 Å². The fraction of sp³-hybridized carbons (Fsp3) is 0.562. The molecular weight excluding hydrogens is 250 g/mol. The van der Waals surface area contributed by atoms with Gasteiger partial charge in [-0.15, -0.1) is 0 Å². The van der Waals surface area contributed by atoms with Crippen LogP contribution in [0.5, 0.6) is 5.75 Å². The second-order valence-electron chi connectivity index (χ2n) is 5.87. The summed E-state index contributed by atoms with van der Waals surface area (Å²) in [7, 11) is 1.61. The molecule has 1 heterocycles. The molecule has 1 atom stereocenters. The van der Waals surface area contributed by atoms with E-state index < -0.39 is 0 Å². The SMILES string of the molecule is COc1ccc(CN2CCCC2C(C)C)cc1C(=N)N. The Bertz CT molecular complexity index is 485. The van der Waals surface area contributed by atoms with Crippen molar-refractivity contribution in [3.63, 3.8) is 0 Å². The summed E-state index contributed by atoms with van der Waals surface area (Å²) in [6.45, 7) is 6.66. The Morgan fingerprint density at radius 2 is 2.25 bits per heavy atom. The number of amidine groups is 1. The van der Waals surface area contributed by atoms with E-state index in [9.17, 15) is 0 Å². The van der Waals surface area contributed by atoms with Crippen LogP contribution >= 0.6 is 0 Å². The van der Waals surface area contributed by atoms with Gasteiger partial charge in [-0.3, -0.25) is 10.3 Å². The van der Waals surface area contributed by atoms with Crippen molar-refractivity contribution in [2.24, 2.45) is 11.7 Å². The van der Waals surface area contributed by atoms with Crippen LogP contribution in [0.2, 0.25) is 0 Å². The van der Waals surface area contributed by atoms with Gasteiger partial charge >= 0.3 is 0 Å².